The van der Waals surface area contributed by atoms with Crippen LogP contribution in [0.5, 0.6) is 0 Å². The van der Waals surface area contributed by atoms with Crippen molar-refractivity contribution in [3.63, 3.8) is 0 Å². The molecule has 6 nitrogen and oxygen atoms in total. The Hall–Kier alpha value is -2.20. The van der Waals surface area contributed by atoms with Crippen molar-refractivity contribution in [2.75, 3.05) is 18.8 Å². The Balaban J connectivity index is 0.000000226. The van der Waals surface area contributed by atoms with Gasteiger partial charge in [-0.15, -0.1) is 0 Å². The van der Waals surface area contributed by atoms with Gasteiger partial charge in [0.1, 0.15) is 11.6 Å². The second-order valence-electron chi connectivity index (χ2n) is 10.9. The van der Waals surface area contributed by atoms with E-state index in [1.807, 2.05) is 0 Å². The third kappa shape index (κ3) is 8.16. The van der Waals surface area contributed by atoms with E-state index in [-0.39, 0.29) is 23.6 Å². The van der Waals surface area contributed by atoms with Crippen molar-refractivity contribution in [1.29, 1.82) is 0 Å². The van der Waals surface area contributed by atoms with Crippen molar-refractivity contribution in [3.8, 4) is 0 Å². The van der Waals surface area contributed by atoms with Crippen LogP contribution in [0.1, 0.15) is 75.3 Å². The average Bonchev–Trinajstić information content (AvgIpc) is 3.09. The molecule has 39 heavy (non-hydrogen) atoms. The summed E-state index contributed by atoms with van der Waals surface area (Å²) in [5.41, 5.74) is 7.77. The molecule has 0 aromatic heterocycles. The van der Waals surface area contributed by atoms with Gasteiger partial charge in [-0.05, 0) is 67.5 Å². The monoisotopic (exact) mass is 560 g/mol. The highest BCUT2D eigenvalue weighted by Crippen LogP contribution is 2.29. The Bertz CT molecular complexity index is 1030. The van der Waals surface area contributed by atoms with E-state index in [2.05, 4.69) is 21.9 Å². The van der Waals surface area contributed by atoms with Crippen LogP contribution in [0.2, 0.25) is 0 Å². The van der Waals surface area contributed by atoms with Crippen LogP contribution in [0.25, 0.3) is 0 Å². The third-order valence-corrected chi connectivity index (χ3v) is 9.73. The lowest BCUT2D eigenvalue weighted by Gasteiger charge is -2.36. The molecule has 2 aromatic carbocycles. The molecule has 1 amide bonds. The molecule has 3 fully saturated rings. The molecule has 2 saturated heterocycles. The summed E-state index contributed by atoms with van der Waals surface area (Å²) in [5.74, 6) is -0.539. The highest BCUT2D eigenvalue weighted by atomic mass is 32.2. The van der Waals surface area contributed by atoms with Crippen molar-refractivity contribution in [1.82, 2.24) is 14.9 Å². The lowest BCUT2D eigenvalue weighted by Crippen LogP contribution is -2.55. The molecular formula is C30H42F2N4O2S. The average molecular weight is 561 g/mol. The van der Waals surface area contributed by atoms with Crippen LogP contribution in [0.15, 0.2) is 48.5 Å². The second kappa shape index (κ2) is 14.4. The highest BCUT2D eigenvalue weighted by molar-refractivity contribution is 7.82. The summed E-state index contributed by atoms with van der Waals surface area (Å²) >= 11 is 0. The zero-order valence-corrected chi connectivity index (χ0v) is 23.6. The number of rotatable bonds is 6. The minimum atomic E-state index is -0.840. The highest BCUT2D eigenvalue weighted by Gasteiger charge is 2.32. The maximum absolute atomic E-state index is 13.3. The van der Waals surface area contributed by atoms with Crippen molar-refractivity contribution in [3.05, 3.63) is 71.3 Å². The topological polar surface area (TPSA) is 87.5 Å². The van der Waals surface area contributed by atoms with Gasteiger partial charge in [0.25, 0.3) is 0 Å². The molecule has 5 rings (SSSR count). The van der Waals surface area contributed by atoms with E-state index in [1.54, 1.807) is 24.3 Å². The predicted octanol–water partition coefficient (Wildman–Crippen LogP) is 4.37. The molecule has 214 valence electrons. The number of halogens is 2. The van der Waals surface area contributed by atoms with Gasteiger partial charge in [-0.1, -0.05) is 50.5 Å². The number of benzene rings is 2. The fraction of sp³-hybridized carbons (Fsp3) is 0.567. The van der Waals surface area contributed by atoms with E-state index in [0.29, 0.717) is 12.1 Å². The number of nitrogens with zero attached hydrogens (tertiary/aromatic N) is 1. The van der Waals surface area contributed by atoms with Crippen molar-refractivity contribution >= 4 is 16.9 Å². The number of nitrogens with two attached hydrogens (primary N) is 1. The van der Waals surface area contributed by atoms with E-state index >= 15 is 0 Å². The minimum absolute atomic E-state index is 0.157. The first kappa shape index (κ1) is 29.8. The van der Waals surface area contributed by atoms with Gasteiger partial charge < -0.3 is 16.4 Å². The zero-order chi connectivity index (χ0) is 27.8. The maximum Gasteiger partial charge on any atom is 0.238 e. The van der Waals surface area contributed by atoms with Crippen molar-refractivity contribution < 1.29 is 17.8 Å². The van der Waals surface area contributed by atoms with Gasteiger partial charge in [-0.2, -0.15) is 0 Å². The van der Waals surface area contributed by atoms with E-state index in [4.69, 9.17) is 5.73 Å². The molecule has 0 spiro atoms. The van der Waals surface area contributed by atoms with Crippen LogP contribution in [0.4, 0.5) is 8.78 Å². The van der Waals surface area contributed by atoms with Crippen LogP contribution >= 0.6 is 0 Å². The molecule has 2 aromatic rings. The number of hydrogen-bond donors (Lipinski definition) is 3. The number of nitrogens with one attached hydrogen (secondary N) is 2. The molecule has 9 heteroatoms. The first-order chi connectivity index (χ1) is 18.9. The maximum atomic E-state index is 13.3. The molecule has 1 saturated carbocycles. The van der Waals surface area contributed by atoms with Gasteiger partial charge in [0, 0.05) is 42.9 Å². The molecule has 2 bridgehead atoms. The fourth-order valence-electron chi connectivity index (χ4n) is 5.84. The Morgan fingerprint density at radius 1 is 1.00 bits per heavy atom. The summed E-state index contributed by atoms with van der Waals surface area (Å²) in [7, 11) is -0.701. The number of piperazine rings is 1. The number of amides is 1. The summed E-state index contributed by atoms with van der Waals surface area (Å²) in [4.78, 5) is 12.7. The number of hydrogen-bond acceptors (Lipinski definition) is 4. The molecule has 0 radical (unpaired) electrons. The van der Waals surface area contributed by atoms with Gasteiger partial charge in [0.15, 0.2) is 0 Å². The normalized spacial score (nSPS) is 26.2. The number of carbonyl (C=O) groups is 1. The van der Waals surface area contributed by atoms with E-state index in [0.717, 1.165) is 68.5 Å². The third-order valence-electron chi connectivity index (χ3n) is 8.13. The molecule has 4 unspecified atom stereocenters. The summed E-state index contributed by atoms with van der Waals surface area (Å²) in [6, 6.07) is 12.3. The van der Waals surface area contributed by atoms with E-state index < -0.39 is 22.9 Å². The zero-order valence-electron chi connectivity index (χ0n) is 22.8. The van der Waals surface area contributed by atoms with Crippen LogP contribution in [0.3, 0.4) is 0 Å². The quantitative estimate of drug-likeness (QED) is 0.490. The molecule has 1 aliphatic carbocycles. The Labute approximate surface area is 233 Å². The Morgan fingerprint density at radius 2 is 1.59 bits per heavy atom. The smallest absolute Gasteiger partial charge is 0.238 e. The standard InChI is InChI=1S/C21H24F2N2O.C9H18N2OS/c22-16-10-6-14(7-11-16)19(15-8-12-17(23)13-9-15)20(24)21(26)25-18-4-2-1-3-5-18;1-2-9-6-10-8-4-3-5-13(12)11(9)7-8/h6-13,18-20H,1-5,24H2,(H,25,26);8-10H,2-7H2,1H3/t;8-,9?,13?/m.1/s1. The van der Waals surface area contributed by atoms with Crippen molar-refractivity contribution in [2.24, 2.45) is 5.73 Å². The predicted molar refractivity (Wildman–Crippen MR) is 152 cm³/mol. The largest absolute Gasteiger partial charge is 0.352 e. The van der Waals surface area contributed by atoms with Crippen LogP contribution in [-0.4, -0.2) is 57.4 Å². The van der Waals surface area contributed by atoms with Crippen molar-refractivity contribution in [2.45, 2.75) is 88.4 Å². The van der Waals surface area contributed by atoms with E-state index in [1.165, 1.54) is 37.1 Å². The first-order valence-electron chi connectivity index (χ1n) is 14.3. The SMILES string of the molecule is CCC1CN[C@@H]2CCCS(=O)N1C2.NC(C(=O)NC1CCCCC1)C(c1ccc(F)cc1)c1ccc(F)cc1. The fourth-order valence-corrected chi connectivity index (χ4v) is 7.39. The summed E-state index contributed by atoms with van der Waals surface area (Å²) in [6.07, 6.45) is 8.76. The van der Waals surface area contributed by atoms with Gasteiger partial charge in [0.05, 0.1) is 17.0 Å². The summed E-state index contributed by atoms with van der Waals surface area (Å²) in [5, 5.41) is 6.59. The number of carbonyl (C=O) groups excluding carboxylic acids is 1. The lowest BCUT2D eigenvalue weighted by atomic mass is 9.84. The molecular weight excluding hydrogens is 518 g/mol. The van der Waals surface area contributed by atoms with Crippen LogP contribution in [-0.2, 0) is 15.8 Å². The molecule has 2 aliphatic heterocycles. The molecule has 5 atom stereocenters. The van der Waals surface area contributed by atoms with Gasteiger partial charge in [-0.3, -0.25) is 4.79 Å². The molecule has 3 aliphatic rings. The van der Waals surface area contributed by atoms with E-state index in [9.17, 15) is 17.8 Å². The summed E-state index contributed by atoms with van der Waals surface area (Å²) < 4.78 is 40.6. The lowest BCUT2D eigenvalue weighted by molar-refractivity contribution is -0.123. The minimum Gasteiger partial charge on any atom is -0.352 e. The first-order valence-corrected chi connectivity index (χ1v) is 15.6. The van der Waals surface area contributed by atoms with Gasteiger partial charge >= 0.3 is 0 Å². The molecule has 4 N–H and O–H groups in total. The Morgan fingerprint density at radius 3 is 2.15 bits per heavy atom. The summed E-state index contributed by atoms with van der Waals surface area (Å²) in [6.45, 7) is 4.19. The second-order valence-corrected chi connectivity index (χ2v) is 12.4. The molecule has 2 heterocycles. The Kier molecular flexibility index (Phi) is 11.0. The number of fused-ring (bicyclic) bond motifs is 2. The van der Waals surface area contributed by atoms with Gasteiger partial charge in [0.2, 0.25) is 5.91 Å². The van der Waals surface area contributed by atoms with Gasteiger partial charge in [-0.25, -0.2) is 17.3 Å². The van der Waals surface area contributed by atoms with Crippen LogP contribution < -0.4 is 16.4 Å². The van der Waals surface area contributed by atoms with Crippen LogP contribution in [0, 0.1) is 11.6 Å².